The molecule has 3 nitrogen and oxygen atoms in total. The molecule has 0 radical (unpaired) electrons. The van der Waals surface area contributed by atoms with Gasteiger partial charge in [-0.3, -0.25) is 0 Å². The maximum absolute atomic E-state index is 11.1. The number of hydrogen-bond donors (Lipinski definition) is 0. The topological polar surface area (TPSA) is 48.2 Å². The average Bonchev–Trinajstić information content (AvgIpc) is 1.20. The summed E-state index contributed by atoms with van der Waals surface area (Å²) in [7, 11) is 0. The average molecular weight is 235 g/mol. The molecule has 0 fully saturated rings. The van der Waals surface area contributed by atoms with Crippen LogP contribution in [0, 0.1) is 9.81 Å². The van der Waals surface area contributed by atoms with Crippen molar-refractivity contribution in [2.75, 3.05) is 0 Å². The van der Waals surface area contributed by atoms with Gasteiger partial charge in [-0.15, -0.1) is 0 Å². The van der Waals surface area contributed by atoms with Crippen molar-refractivity contribution in [3.05, 3.63) is 9.81 Å². The van der Waals surface area contributed by atoms with Crippen LogP contribution in [0.5, 0.6) is 0 Å². The van der Waals surface area contributed by atoms with Gasteiger partial charge < -0.3 is 0 Å². The zero-order valence-corrected chi connectivity index (χ0v) is 5.86. The molecule has 0 amide bonds. The summed E-state index contributed by atoms with van der Waals surface area (Å²) < 4.78 is 59.4. The summed E-state index contributed by atoms with van der Waals surface area (Å²) in [6.45, 7) is 0. The SMILES string of the molecule is F[As-](F)(F)(F)(F)F.O=[N+]=O. The van der Waals surface area contributed by atoms with E-state index < -0.39 is 14.2 Å². The second kappa shape index (κ2) is 1.96. The molecule has 0 aromatic rings. The third-order valence-electron chi connectivity index (χ3n) is 0. The summed E-state index contributed by atoms with van der Waals surface area (Å²) in [5.41, 5.74) is 0. The van der Waals surface area contributed by atoms with Crippen molar-refractivity contribution in [3.63, 3.8) is 0 Å². The van der Waals surface area contributed by atoms with Gasteiger partial charge in [-0.1, -0.05) is 0 Å². The second-order valence-electron chi connectivity index (χ2n) is 1.03. The first-order valence-corrected chi connectivity index (χ1v) is 5.64. The summed E-state index contributed by atoms with van der Waals surface area (Å²) in [4.78, 5) is 16.0. The summed E-state index contributed by atoms with van der Waals surface area (Å²) >= 11 is -11.1. The van der Waals surface area contributed by atoms with E-state index in [1.54, 1.807) is 0 Å². The van der Waals surface area contributed by atoms with Gasteiger partial charge in [0.2, 0.25) is 9.81 Å². The molecule has 0 atom stereocenters. The van der Waals surface area contributed by atoms with Gasteiger partial charge in [0.15, 0.2) is 0 Å². The molecule has 0 spiro atoms. The van der Waals surface area contributed by atoms with Gasteiger partial charge >= 0.3 is 40.0 Å². The van der Waals surface area contributed by atoms with Crippen molar-refractivity contribution < 1.29 is 20.8 Å². The van der Waals surface area contributed by atoms with Crippen LogP contribution < -0.4 is 5.04 Å². The second-order valence-corrected chi connectivity index (χ2v) is 5.05. The third-order valence-corrected chi connectivity index (χ3v) is 0. The smallest absolute Gasteiger partial charge is 0.215 e. The summed E-state index contributed by atoms with van der Waals surface area (Å²) in [5, 5.41) is 1.00. The van der Waals surface area contributed by atoms with E-state index in [-0.39, 0.29) is 0 Å². The zero-order chi connectivity index (χ0) is 9.12. The predicted octanol–water partition coefficient (Wildman–Crippen LogP) is 1.73. The molecular weight excluding hydrogens is 235 g/mol. The fourth-order valence-corrected chi connectivity index (χ4v) is 0. The first-order chi connectivity index (χ1) is 3.86. The maximum Gasteiger partial charge on any atom is 0.569 e. The number of rotatable bonds is 0. The van der Waals surface area contributed by atoms with Gasteiger partial charge in [0, 0.05) is 0 Å². The van der Waals surface area contributed by atoms with E-state index in [9.17, 15) is 20.8 Å². The Bertz CT molecular complexity index is 132. The van der Waals surface area contributed by atoms with Gasteiger partial charge in [-0.2, -0.15) is 0 Å². The number of hydrogen-bond acceptors (Lipinski definition) is 2. The number of halogens is 6. The monoisotopic (exact) mass is 235 g/mol. The predicted molar refractivity (Wildman–Crippen MR) is 21.3 cm³/mol. The molecular formula is AsF6NO2. The Morgan fingerprint density at radius 1 is 0.800 bits per heavy atom. The van der Waals surface area contributed by atoms with Crippen molar-refractivity contribution in [3.8, 4) is 0 Å². The van der Waals surface area contributed by atoms with Crippen LogP contribution >= 0.6 is 0 Å². The molecule has 0 aromatic carbocycles. The van der Waals surface area contributed by atoms with Crippen LogP contribution in [-0.2, 0) is 0 Å². The molecule has 0 bridgehead atoms. The van der Waals surface area contributed by atoms with E-state index >= 15 is 0 Å². The number of nitrogens with zero attached hydrogens (tertiary/aromatic N) is 1. The van der Waals surface area contributed by atoms with Crippen LogP contribution in [0.25, 0.3) is 0 Å². The van der Waals surface area contributed by atoms with Crippen molar-refractivity contribution >= 4 is 14.2 Å². The van der Waals surface area contributed by atoms with Gasteiger partial charge in [0.05, 0.1) is 0 Å². The Morgan fingerprint density at radius 3 is 0.800 bits per heavy atom. The van der Waals surface area contributed by atoms with Crippen LogP contribution in [0.4, 0.5) is 20.8 Å². The van der Waals surface area contributed by atoms with E-state index in [2.05, 4.69) is 0 Å². The molecule has 10 heavy (non-hydrogen) atoms. The molecule has 64 valence electrons. The van der Waals surface area contributed by atoms with Crippen LogP contribution in [0.3, 0.4) is 0 Å². The van der Waals surface area contributed by atoms with Crippen molar-refractivity contribution in [2.45, 2.75) is 0 Å². The minimum absolute atomic E-state index is 1.00. The molecule has 0 aliphatic rings. The molecule has 10 heteroatoms. The van der Waals surface area contributed by atoms with Crippen molar-refractivity contribution in [1.29, 1.82) is 0 Å². The van der Waals surface area contributed by atoms with E-state index in [1.165, 1.54) is 0 Å². The van der Waals surface area contributed by atoms with Crippen LogP contribution in [0.2, 0.25) is 0 Å². The Labute approximate surface area is 50.8 Å². The maximum atomic E-state index is 9.91. The Kier molecular flexibility index (Phi) is 2.39. The first-order valence-electron chi connectivity index (χ1n) is 1.38. The standard InChI is InChI=1S/AsF6.NO2/c2-1(3,4,5,6)7;2-1-3/q-1;+1. The largest absolute Gasteiger partial charge is 0.569 e. The van der Waals surface area contributed by atoms with Crippen molar-refractivity contribution in [1.82, 2.24) is 5.04 Å². The summed E-state index contributed by atoms with van der Waals surface area (Å²) in [6.07, 6.45) is 0. The fraction of sp³-hybridized carbons (Fsp3) is 0. The minimum Gasteiger partial charge on any atom is 0.215 e. The first kappa shape index (κ1) is 12.2. The molecule has 0 unspecified atom stereocenters. The van der Waals surface area contributed by atoms with Crippen LogP contribution in [-0.4, -0.2) is 14.2 Å². The quantitative estimate of drug-likeness (QED) is 0.364. The fourth-order valence-electron chi connectivity index (χ4n) is 0. The third kappa shape index (κ3) is 1020. The Balaban J connectivity index is 0. The molecule has 0 aromatic heterocycles. The van der Waals surface area contributed by atoms with Crippen LogP contribution in [0.15, 0.2) is 0 Å². The van der Waals surface area contributed by atoms with Gasteiger partial charge in [-0.05, 0) is 0 Å². The zero-order valence-electron chi connectivity index (χ0n) is 3.98. The molecule has 0 rings (SSSR count). The molecule has 0 aliphatic heterocycles. The molecule has 0 N–H and O–H groups in total. The molecule has 0 saturated heterocycles. The molecule has 0 aliphatic carbocycles. The normalized spacial score (nSPS) is 17.0. The van der Waals surface area contributed by atoms with E-state index in [0.717, 1.165) is 5.04 Å². The van der Waals surface area contributed by atoms with E-state index in [1.807, 2.05) is 0 Å². The molecule has 0 heterocycles. The Hall–Kier alpha value is -0.552. The number of nitroso groups, excluding NO2 is 2. The van der Waals surface area contributed by atoms with E-state index in [4.69, 9.17) is 9.81 Å². The van der Waals surface area contributed by atoms with Crippen molar-refractivity contribution in [2.24, 2.45) is 0 Å². The minimum atomic E-state index is -11.1. The van der Waals surface area contributed by atoms with Gasteiger partial charge in [0.25, 0.3) is 0 Å². The molecule has 0 saturated carbocycles. The summed E-state index contributed by atoms with van der Waals surface area (Å²) in [5.74, 6) is 0. The Morgan fingerprint density at radius 2 is 0.800 bits per heavy atom. The summed E-state index contributed by atoms with van der Waals surface area (Å²) in [6, 6.07) is 0. The van der Waals surface area contributed by atoms with Crippen LogP contribution in [0.1, 0.15) is 0 Å². The van der Waals surface area contributed by atoms with E-state index in [0.29, 0.717) is 0 Å². The van der Waals surface area contributed by atoms with Gasteiger partial charge in [0.1, 0.15) is 0 Å². The van der Waals surface area contributed by atoms with Gasteiger partial charge in [-0.25, -0.2) is 0 Å².